The van der Waals surface area contributed by atoms with Crippen LogP contribution in [0.3, 0.4) is 0 Å². The monoisotopic (exact) mass is 322 g/mol. The van der Waals surface area contributed by atoms with Crippen molar-refractivity contribution in [1.29, 1.82) is 0 Å². The lowest BCUT2D eigenvalue weighted by Gasteiger charge is -2.06. The van der Waals surface area contributed by atoms with Crippen LogP contribution in [0.4, 0.5) is 4.39 Å². The largest absolute Gasteiger partial charge is 0.497 e. The molecule has 0 aliphatic carbocycles. The third kappa shape index (κ3) is 3.01. The van der Waals surface area contributed by atoms with Gasteiger partial charge in [-0.05, 0) is 42.8 Å². The Morgan fingerprint density at radius 2 is 1.95 bits per heavy atom. The van der Waals surface area contributed by atoms with E-state index in [4.69, 9.17) is 4.74 Å². The predicted octanol–water partition coefficient (Wildman–Crippen LogP) is 4.14. The van der Waals surface area contributed by atoms with E-state index in [2.05, 4.69) is 15.9 Å². The van der Waals surface area contributed by atoms with E-state index in [0.717, 1.165) is 10.0 Å². The second kappa shape index (κ2) is 5.53. The first kappa shape index (κ1) is 13.7. The van der Waals surface area contributed by atoms with Gasteiger partial charge in [0.25, 0.3) is 0 Å². The second-order valence-electron chi connectivity index (χ2n) is 4.19. The highest BCUT2D eigenvalue weighted by Crippen LogP contribution is 2.22. The molecule has 19 heavy (non-hydrogen) atoms. The molecule has 2 nitrogen and oxygen atoms in total. The smallest absolute Gasteiger partial charge is 0.196 e. The van der Waals surface area contributed by atoms with Gasteiger partial charge in [0.1, 0.15) is 11.6 Å². The summed E-state index contributed by atoms with van der Waals surface area (Å²) < 4.78 is 19.6. The molecule has 0 unspecified atom stereocenters. The van der Waals surface area contributed by atoms with Crippen molar-refractivity contribution in [2.24, 2.45) is 0 Å². The minimum Gasteiger partial charge on any atom is -0.497 e. The summed E-state index contributed by atoms with van der Waals surface area (Å²) in [4.78, 5) is 12.3. The average Bonchev–Trinajstić information content (AvgIpc) is 2.36. The van der Waals surface area contributed by atoms with Gasteiger partial charge in [0.05, 0.1) is 12.7 Å². The number of ketones is 1. The van der Waals surface area contributed by atoms with Crippen LogP contribution in [0.1, 0.15) is 21.5 Å². The zero-order valence-electron chi connectivity index (χ0n) is 10.5. The normalized spacial score (nSPS) is 10.3. The average molecular weight is 323 g/mol. The Hall–Kier alpha value is -1.68. The fourth-order valence-electron chi connectivity index (χ4n) is 1.83. The van der Waals surface area contributed by atoms with Crippen molar-refractivity contribution in [3.8, 4) is 5.75 Å². The van der Waals surface area contributed by atoms with Gasteiger partial charge < -0.3 is 4.74 Å². The molecule has 0 aromatic heterocycles. The number of ether oxygens (including phenoxy) is 1. The maximum atomic E-state index is 13.9. The molecule has 2 aromatic carbocycles. The molecule has 2 aromatic rings. The van der Waals surface area contributed by atoms with Crippen LogP contribution in [0.15, 0.2) is 40.9 Å². The number of carbonyl (C=O) groups is 1. The second-order valence-corrected chi connectivity index (χ2v) is 5.11. The van der Waals surface area contributed by atoms with Crippen LogP contribution in [-0.2, 0) is 0 Å². The molecular formula is C15H12BrFO2. The number of aryl methyl sites for hydroxylation is 1. The summed E-state index contributed by atoms with van der Waals surface area (Å²) in [5.41, 5.74) is 1.43. The van der Waals surface area contributed by atoms with Crippen LogP contribution in [0, 0.1) is 12.7 Å². The summed E-state index contributed by atoms with van der Waals surface area (Å²) in [7, 11) is 1.45. The van der Waals surface area contributed by atoms with Crippen LogP contribution < -0.4 is 4.74 Å². The van der Waals surface area contributed by atoms with E-state index in [1.807, 2.05) is 13.0 Å². The molecule has 0 radical (unpaired) electrons. The lowest BCUT2D eigenvalue weighted by atomic mass is 10.0. The number of halogens is 2. The van der Waals surface area contributed by atoms with E-state index in [1.165, 1.54) is 19.2 Å². The maximum Gasteiger partial charge on any atom is 0.196 e. The summed E-state index contributed by atoms with van der Waals surface area (Å²) in [5.74, 6) is -0.536. The third-order valence-corrected chi connectivity index (χ3v) is 3.18. The number of methoxy groups -OCH3 is 1. The predicted molar refractivity (Wildman–Crippen MR) is 75.3 cm³/mol. The van der Waals surface area contributed by atoms with Gasteiger partial charge >= 0.3 is 0 Å². The lowest BCUT2D eigenvalue weighted by molar-refractivity contribution is 0.103. The molecule has 0 aliphatic heterocycles. The molecule has 0 fully saturated rings. The van der Waals surface area contributed by atoms with Gasteiger partial charge in [-0.15, -0.1) is 0 Å². The summed E-state index contributed by atoms with van der Waals surface area (Å²) in [6.45, 7) is 1.88. The molecule has 0 heterocycles. The summed E-state index contributed by atoms with van der Waals surface area (Å²) >= 11 is 3.33. The van der Waals surface area contributed by atoms with Crippen molar-refractivity contribution >= 4 is 21.7 Å². The first-order valence-corrected chi connectivity index (χ1v) is 6.46. The number of rotatable bonds is 3. The molecule has 0 saturated carbocycles. The Labute approximate surface area is 119 Å². The number of hydrogen-bond donors (Lipinski definition) is 0. The number of carbonyl (C=O) groups excluding carboxylic acids is 1. The molecule has 0 amide bonds. The minimum absolute atomic E-state index is 0.0401. The molecule has 0 atom stereocenters. The van der Waals surface area contributed by atoms with Gasteiger partial charge in [0.2, 0.25) is 0 Å². The zero-order valence-corrected chi connectivity index (χ0v) is 12.1. The fraction of sp³-hybridized carbons (Fsp3) is 0.133. The van der Waals surface area contributed by atoms with Gasteiger partial charge in [0.15, 0.2) is 5.78 Å². The van der Waals surface area contributed by atoms with Gasteiger partial charge in [-0.1, -0.05) is 15.9 Å². The van der Waals surface area contributed by atoms with Crippen molar-refractivity contribution in [2.75, 3.05) is 7.11 Å². The molecular weight excluding hydrogens is 311 g/mol. The van der Waals surface area contributed by atoms with Gasteiger partial charge in [-0.25, -0.2) is 4.39 Å². The quantitative estimate of drug-likeness (QED) is 0.794. The van der Waals surface area contributed by atoms with Crippen molar-refractivity contribution in [3.63, 3.8) is 0 Å². The van der Waals surface area contributed by atoms with Crippen LogP contribution in [0.5, 0.6) is 5.75 Å². The van der Waals surface area contributed by atoms with Crippen LogP contribution in [0.2, 0.25) is 0 Å². The van der Waals surface area contributed by atoms with E-state index in [0.29, 0.717) is 11.3 Å². The molecule has 2 rings (SSSR count). The summed E-state index contributed by atoms with van der Waals surface area (Å²) in [6.07, 6.45) is 0. The molecule has 98 valence electrons. The standard InChI is InChI=1S/C15H12BrFO2/c1-9-5-10(7-11(16)6-9)15(18)13-4-3-12(19-2)8-14(13)17/h3-8H,1-2H3. The Bertz CT molecular complexity index is 618. The van der Waals surface area contributed by atoms with Gasteiger partial charge in [-0.3, -0.25) is 4.79 Å². The van der Waals surface area contributed by atoms with Gasteiger partial charge in [-0.2, -0.15) is 0 Å². The van der Waals surface area contributed by atoms with Gasteiger partial charge in [0, 0.05) is 16.1 Å². The van der Waals surface area contributed by atoms with E-state index >= 15 is 0 Å². The lowest BCUT2D eigenvalue weighted by Crippen LogP contribution is -2.05. The maximum absolute atomic E-state index is 13.9. The van der Waals surface area contributed by atoms with E-state index in [9.17, 15) is 9.18 Å². The van der Waals surface area contributed by atoms with Crippen molar-refractivity contribution in [2.45, 2.75) is 6.92 Å². The number of hydrogen-bond acceptors (Lipinski definition) is 2. The first-order chi connectivity index (χ1) is 9.01. The highest BCUT2D eigenvalue weighted by atomic mass is 79.9. The van der Waals surface area contributed by atoms with E-state index in [1.54, 1.807) is 18.2 Å². The SMILES string of the molecule is COc1ccc(C(=O)c2cc(C)cc(Br)c2)c(F)c1. The van der Waals surface area contributed by atoms with Crippen LogP contribution in [-0.4, -0.2) is 12.9 Å². The Morgan fingerprint density at radius 1 is 1.21 bits per heavy atom. The van der Waals surface area contributed by atoms with Crippen molar-refractivity contribution < 1.29 is 13.9 Å². The molecule has 0 bridgehead atoms. The zero-order chi connectivity index (χ0) is 14.0. The van der Waals surface area contributed by atoms with E-state index in [-0.39, 0.29) is 11.3 Å². The van der Waals surface area contributed by atoms with Crippen LogP contribution in [0.25, 0.3) is 0 Å². The number of benzene rings is 2. The Balaban J connectivity index is 2.44. The topological polar surface area (TPSA) is 26.3 Å². The van der Waals surface area contributed by atoms with Crippen molar-refractivity contribution in [3.05, 3.63) is 63.4 Å². The fourth-order valence-corrected chi connectivity index (χ4v) is 2.44. The van der Waals surface area contributed by atoms with Crippen molar-refractivity contribution in [1.82, 2.24) is 0 Å². The van der Waals surface area contributed by atoms with E-state index < -0.39 is 5.82 Å². The molecule has 0 saturated heterocycles. The highest BCUT2D eigenvalue weighted by molar-refractivity contribution is 9.10. The first-order valence-electron chi connectivity index (χ1n) is 5.66. The minimum atomic E-state index is -0.582. The molecule has 4 heteroatoms. The van der Waals surface area contributed by atoms with Crippen LogP contribution >= 0.6 is 15.9 Å². The Kier molecular flexibility index (Phi) is 4.00. The molecule has 0 N–H and O–H groups in total. The third-order valence-electron chi connectivity index (χ3n) is 2.73. The molecule has 0 aliphatic rings. The Morgan fingerprint density at radius 3 is 2.53 bits per heavy atom. The highest BCUT2D eigenvalue weighted by Gasteiger charge is 2.15. The summed E-state index contributed by atoms with van der Waals surface area (Å²) in [5, 5.41) is 0. The molecule has 0 spiro atoms. The summed E-state index contributed by atoms with van der Waals surface area (Å²) in [6, 6.07) is 9.52.